The molecule has 2 rings (SSSR count). The summed E-state index contributed by atoms with van der Waals surface area (Å²) in [6.45, 7) is 4.80. The van der Waals surface area contributed by atoms with Crippen molar-refractivity contribution in [3.05, 3.63) is 16.4 Å². The van der Waals surface area contributed by atoms with E-state index in [-0.39, 0.29) is 0 Å². The highest BCUT2D eigenvalue weighted by molar-refractivity contribution is 6.31. The van der Waals surface area contributed by atoms with E-state index in [0.717, 1.165) is 42.5 Å². The average molecular weight is 229 g/mol. The highest BCUT2D eigenvalue weighted by Gasteiger charge is 2.21. The van der Waals surface area contributed by atoms with Crippen LogP contribution in [0.15, 0.2) is 0 Å². The van der Waals surface area contributed by atoms with Crippen LogP contribution in [0, 0.1) is 6.92 Å². The van der Waals surface area contributed by atoms with Crippen molar-refractivity contribution < 1.29 is 0 Å². The van der Waals surface area contributed by atoms with Gasteiger partial charge in [-0.25, -0.2) is 0 Å². The molecule has 2 N–H and O–H groups in total. The van der Waals surface area contributed by atoms with Gasteiger partial charge in [-0.15, -0.1) is 0 Å². The summed E-state index contributed by atoms with van der Waals surface area (Å²) < 4.78 is 1.86. The zero-order valence-electron chi connectivity index (χ0n) is 9.20. The van der Waals surface area contributed by atoms with E-state index in [0.29, 0.717) is 6.04 Å². The van der Waals surface area contributed by atoms with Crippen LogP contribution < -0.4 is 5.73 Å². The standard InChI is InChI=1S/C10H17ClN4/c1-7-10(11)9(14(2)13-7)6-15-4-3-8(12)5-15/h8H,3-6,12H2,1-2H3/t8-/m0/s1. The number of aryl methyl sites for hydroxylation is 2. The number of aromatic nitrogens is 2. The van der Waals surface area contributed by atoms with E-state index in [4.69, 9.17) is 17.3 Å². The molecule has 0 aliphatic carbocycles. The highest BCUT2D eigenvalue weighted by Crippen LogP contribution is 2.22. The van der Waals surface area contributed by atoms with Gasteiger partial charge < -0.3 is 5.73 Å². The normalized spacial score (nSPS) is 22.5. The van der Waals surface area contributed by atoms with Crippen molar-refractivity contribution in [3.63, 3.8) is 0 Å². The minimum atomic E-state index is 0.318. The summed E-state index contributed by atoms with van der Waals surface area (Å²) >= 11 is 6.19. The third kappa shape index (κ3) is 2.17. The zero-order chi connectivity index (χ0) is 11.0. The number of halogens is 1. The average Bonchev–Trinajstić information content (AvgIpc) is 2.67. The molecule has 1 aromatic heterocycles. The first kappa shape index (κ1) is 10.9. The third-order valence-corrected chi connectivity index (χ3v) is 3.44. The Balaban J connectivity index is 2.10. The Morgan fingerprint density at radius 2 is 2.33 bits per heavy atom. The van der Waals surface area contributed by atoms with Gasteiger partial charge in [-0.3, -0.25) is 9.58 Å². The summed E-state index contributed by atoms with van der Waals surface area (Å²) in [5.41, 5.74) is 7.85. The Morgan fingerprint density at radius 1 is 1.60 bits per heavy atom. The second-order valence-electron chi connectivity index (χ2n) is 4.25. The minimum Gasteiger partial charge on any atom is -0.326 e. The van der Waals surface area contributed by atoms with Gasteiger partial charge in [0.1, 0.15) is 0 Å². The molecule has 1 atom stereocenters. The van der Waals surface area contributed by atoms with Gasteiger partial charge >= 0.3 is 0 Å². The minimum absolute atomic E-state index is 0.318. The van der Waals surface area contributed by atoms with E-state index in [2.05, 4.69) is 10.00 Å². The van der Waals surface area contributed by atoms with Crippen molar-refractivity contribution in [1.82, 2.24) is 14.7 Å². The van der Waals surface area contributed by atoms with Gasteiger partial charge in [0.25, 0.3) is 0 Å². The maximum absolute atomic E-state index is 6.19. The van der Waals surface area contributed by atoms with Crippen LogP contribution in [0.25, 0.3) is 0 Å². The van der Waals surface area contributed by atoms with Crippen LogP contribution in [0.5, 0.6) is 0 Å². The number of nitrogens with zero attached hydrogens (tertiary/aromatic N) is 3. The van der Waals surface area contributed by atoms with Gasteiger partial charge in [0.2, 0.25) is 0 Å². The Hall–Kier alpha value is -0.580. The lowest BCUT2D eigenvalue weighted by atomic mass is 10.3. The van der Waals surface area contributed by atoms with E-state index in [9.17, 15) is 0 Å². The summed E-state index contributed by atoms with van der Waals surface area (Å²) in [5.74, 6) is 0. The van der Waals surface area contributed by atoms with Gasteiger partial charge in [0.05, 0.1) is 16.4 Å². The summed E-state index contributed by atoms with van der Waals surface area (Å²) in [4.78, 5) is 2.33. The molecule has 4 nitrogen and oxygen atoms in total. The number of likely N-dealkylation sites (tertiary alicyclic amines) is 1. The van der Waals surface area contributed by atoms with Gasteiger partial charge in [0, 0.05) is 32.7 Å². The molecule has 1 aliphatic rings. The van der Waals surface area contributed by atoms with E-state index >= 15 is 0 Å². The van der Waals surface area contributed by atoms with Gasteiger partial charge in [-0.05, 0) is 13.3 Å². The molecule has 1 fully saturated rings. The summed E-state index contributed by atoms with van der Waals surface area (Å²) in [5, 5.41) is 5.09. The quantitative estimate of drug-likeness (QED) is 0.819. The van der Waals surface area contributed by atoms with Gasteiger partial charge in [-0.2, -0.15) is 5.10 Å². The predicted molar refractivity (Wildman–Crippen MR) is 60.8 cm³/mol. The number of rotatable bonds is 2. The van der Waals surface area contributed by atoms with E-state index in [1.165, 1.54) is 0 Å². The van der Waals surface area contributed by atoms with E-state index in [1.807, 2.05) is 18.7 Å². The molecular weight excluding hydrogens is 212 g/mol. The van der Waals surface area contributed by atoms with Gasteiger partial charge in [0.15, 0.2) is 0 Å². The van der Waals surface area contributed by atoms with Crippen LogP contribution in [0.1, 0.15) is 17.8 Å². The van der Waals surface area contributed by atoms with E-state index in [1.54, 1.807) is 0 Å². The first-order valence-electron chi connectivity index (χ1n) is 5.24. The van der Waals surface area contributed by atoms with Crippen molar-refractivity contribution in [1.29, 1.82) is 0 Å². The lowest BCUT2D eigenvalue weighted by molar-refractivity contribution is 0.317. The maximum Gasteiger partial charge on any atom is 0.0860 e. The number of hydrogen-bond acceptors (Lipinski definition) is 3. The monoisotopic (exact) mass is 228 g/mol. The Labute approximate surface area is 95.0 Å². The lowest BCUT2D eigenvalue weighted by Crippen LogP contribution is -2.27. The van der Waals surface area contributed by atoms with Crippen LogP contribution in [0.2, 0.25) is 5.02 Å². The van der Waals surface area contributed by atoms with Crippen LogP contribution in [0.4, 0.5) is 0 Å². The highest BCUT2D eigenvalue weighted by atomic mass is 35.5. The smallest absolute Gasteiger partial charge is 0.0860 e. The molecule has 0 spiro atoms. The summed E-state index contributed by atoms with van der Waals surface area (Å²) in [6, 6.07) is 0.318. The van der Waals surface area contributed by atoms with Crippen LogP contribution in [0.3, 0.4) is 0 Å². The van der Waals surface area contributed by atoms with Gasteiger partial charge in [-0.1, -0.05) is 11.6 Å². The van der Waals surface area contributed by atoms with E-state index < -0.39 is 0 Å². The lowest BCUT2D eigenvalue weighted by Gasteiger charge is -2.15. The molecule has 0 aromatic carbocycles. The molecule has 0 radical (unpaired) electrons. The number of hydrogen-bond donors (Lipinski definition) is 1. The fourth-order valence-corrected chi connectivity index (χ4v) is 2.29. The molecule has 1 aromatic rings. The molecule has 0 saturated carbocycles. The molecule has 2 heterocycles. The molecule has 1 aliphatic heterocycles. The number of nitrogens with two attached hydrogens (primary N) is 1. The molecule has 0 bridgehead atoms. The molecule has 1 saturated heterocycles. The topological polar surface area (TPSA) is 47.1 Å². The molecule has 0 unspecified atom stereocenters. The predicted octanol–water partition coefficient (Wildman–Crippen LogP) is 0.915. The Morgan fingerprint density at radius 3 is 2.80 bits per heavy atom. The van der Waals surface area contributed by atoms with Crippen LogP contribution >= 0.6 is 11.6 Å². The zero-order valence-corrected chi connectivity index (χ0v) is 9.96. The second kappa shape index (κ2) is 4.12. The van der Waals surface area contributed by atoms with Crippen LogP contribution in [-0.4, -0.2) is 33.8 Å². The molecule has 5 heteroatoms. The Bertz CT molecular complexity index is 361. The second-order valence-corrected chi connectivity index (χ2v) is 4.63. The first-order valence-corrected chi connectivity index (χ1v) is 5.61. The Kier molecular flexibility index (Phi) is 3.00. The maximum atomic E-state index is 6.19. The molecule has 15 heavy (non-hydrogen) atoms. The summed E-state index contributed by atoms with van der Waals surface area (Å²) in [6.07, 6.45) is 1.08. The van der Waals surface area contributed by atoms with Crippen molar-refractivity contribution >= 4 is 11.6 Å². The molecular formula is C10H17ClN4. The third-order valence-electron chi connectivity index (χ3n) is 2.94. The molecule has 84 valence electrons. The fourth-order valence-electron chi connectivity index (χ4n) is 2.07. The summed E-state index contributed by atoms with van der Waals surface area (Å²) in [7, 11) is 1.93. The van der Waals surface area contributed by atoms with Crippen molar-refractivity contribution in [2.45, 2.75) is 25.9 Å². The van der Waals surface area contributed by atoms with Crippen molar-refractivity contribution in [3.8, 4) is 0 Å². The first-order chi connectivity index (χ1) is 7.08. The molecule has 0 amide bonds. The fraction of sp³-hybridized carbons (Fsp3) is 0.700. The van der Waals surface area contributed by atoms with Crippen molar-refractivity contribution in [2.75, 3.05) is 13.1 Å². The van der Waals surface area contributed by atoms with Crippen LogP contribution in [-0.2, 0) is 13.6 Å². The largest absolute Gasteiger partial charge is 0.326 e. The SMILES string of the molecule is Cc1nn(C)c(CN2CC[C@H](N)C2)c1Cl. The van der Waals surface area contributed by atoms with Crippen molar-refractivity contribution in [2.24, 2.45) is 12.8 Å².